The molecule has 34 heavy (non-hydrogen) atoms. The highest BCUT2D eigenvalue weighted by molar-refractivity contribution is 5.96. The molecular weight excluding hydrogens is 421 g/mol. The molecular formula is C31H30FNO. The molecule has 1 heterocycles. The number of ketones is 1. The van der Waals surface area contributed by atoms with Crippen LogP contribution < -0.4 is 0 Å². The second-order valence-corrected chi connectivity index (χ2v) is 9.22. The van der Waals surface area contributed by atoms with E-state index in [9.17, 15) is 9.18 Å². The van der Waals surface area contributed by atoms with Crippen LogP contribution in [0.3, 0.4) is 0 Å². The third kappa shape index (κ3) is 4.95. The largest absolute Gasteiger partial charge is 0.303 e. The summed E-state index contributed by atoms with van der Waals surface area (Å²) in [6, 6.07) is 23.3. The van der Waals surface area contributed by atoms with E-state index < -0.39 is 0 Å². The number of benzene rings is 3. The first-order valence-electron chi connectivity index (χ1n) is 12.3. The Morgan fingerprint density at radius 1 is 0.765 bits per heavy atom. The van der Waals surface area contributed by atoms with Gasteiger partial charge < -0.3 is 4.90 Å². The van der Waals surface area contributed by atoms with Crippen molar-refractivity contribution in [2.24, 2.45) is 0 Å². The van der Waals surface area contributed by atoms with Gasteiger partial charge in [-0.15, -0.1) is 0 Å². The molecule has 3 aromatic carbocycles. The Kier molecular flexibility index (Phi) is 6.82. The molecule has 1 saturated heterocycles. The molecule has 0 spiro atoms. The smallest absolute Gasteiger partial charge is 0.162 e. The van der Waals surface area contributed by atoms with Crippen LogP contribution in [0.15, 0.2) is 78.4 Å². The monoisotopic (exact) mass is 451 g/mol. The number of hydrogen-bond acceptors (Lipinski definition) is 2. The van der Waals surface area contributed by atoms with Crippen LogP contribution in [-0.2, 0) is 0 Å². The fourth-order valence-corrected chi connectivity index (χ4v) is 5.14. The molecule has 0 bridgehead atoms. The summed E-state index contributed by atoms with van der Waals surface area (Å²) < 4.78 is 13.1. The number of Topliss-reactive ketones (excluding diaryl/α,β-unsaturated/α-hetero) is 1. The van der Waals surface area contributed by atoms with E-state index in [2.05, 4.69) is 65.6 Å². The van der Waals surface area contributed by atoms with Gasteiger partial charge in [0.25, 0.3) is 0 Å². The topological polar surface area (TPSA) is 20.3 Å². The lowest BCUT2D eigenvalue weighted by atomic mass is 9.86. The van der Waals surface area contributed by atoms with E-state index in [1.54, 1.807) is 17.7 Å². The normalized spacial score (nSPS) is 15.6. The number of hydrogen-bond donors (Lipinski definition) is 0. The molecule has 172 valence electrons. The van der Waals surface area contributed by atoms with Crippen LogP contribution in [-0.4, -0.2) is 30.3 Å². The number of fused-ring (bicyclic) bond motifs is 2. The Bertz CT molecular complexity index is 1180. The van der Waals surface area contributed by atoms with E-state index in [1.165, 1.54) is 40.0 Å². The summed E-state index contributed by atoms with van der Waals surface area (Å²) in [6.45, 7) is 3.14. The molecule has 0 amide bonds. The van der Waals surface area contributed by atoms with Gasteiger partial charge in [0.2, 0.25) is 0 Å². The van der Waals surface area contributed by atoms with Crippen molar-refractivity contribution < 1.29 is 9.18 Å². The van der Waals surface area contributed by atoms with E-state index >= 15 is 0 Å². The Morgan fingerprint density at radius 3 is 1.97 bits per heavy atom. The number of piperidine rings is 1. The lowest BCUT2D eigenvalue weighted by Crippen LogP contribution is -2.32. The van der Waals surface area contributed by atoms with Gasteiger partial charge in [-0.1, -0.05) is 66.3 Å². The van der Waals surface area contributed by atoms with Gasteiger partial charge in [-0.2, -0.15) is 0 Å². The second-order valence-electron chi connectivity index (χ2n) is 9.22. The maximum atomic E-state index is 13.1. The predicted octanol–water partition coefficient (Wildman–Crippen LogP) is 7.26. The van der Waals surface area contributed by atoms with Gasteiger partial charge in [0, 0.05) is 25.1 Å². The lowest BCUT2D eigenvalue weighted by Gasteiger charge is -2.30. The van der Waals surface area contributed by atoms with Crippen molar-refractivity contribution >= 4 is 23.5 Å². The molecule has 0 radical (unpaired) electrons. The minimum absolute atomic E-state index is 0.102. The summed E-state index contributed by atoms with van der Waals surface area (Å²) in [5.41, 5.74) is 8.82. The molecule has 0 N–H and O–H groups in total. The highest BCUT2D eigenvalue weighted by atomic mass is 19.1. The van der Waals surface area contributed by atoms with Crippen molar-refractivity contribution in [1.82, 2.24) is 4.90 Å². The lowest BCUT2D eigenvalue weighted by molar-refractivity contribution is 0.0977. The molecule has 0 unspecified atom stereocenters. The first-order valence-corrected chi connectivity index (χ1v) is 12.3. The van der Waals surface area contributed by atoms with Crippen molar-refractivity contribution in [3.05, 3.63) is 112 Å². The summed E-state index contributed by atoms with van der Waals surface area (Å²) in [5.74, 6) is -0.201. The minimum atomic E-state index is -0.303. The van der Waals surface area contributed by atoms with Gasteiger partial charge in [0.05, 0.1) is 0 Å². The first-order chi connectivity index (χ1) is 16.7. The zero-order chi connectivity index (χ0) is 23.3. The quantitative estimate of drug-likeness (QED) is 0.227. The van der Waals surface area contributed by atoms with E-state index in [-0.39, 0.29) is 11.6 Å². The van der Waals surface area contributed by atoms with E-state index in [0.717, 1.165) is 45.3 Å². The van der Waals surface area contributed by atoms with Crippen molar-refractivity contribution in [3.8, 4) is 0 Å². The fraction of sp³-hybridized carbons (Fsp3) is 0.258. The highest BCUT2D eigenvalue weighted by Crippen LogP contribution is 2.38. The summed E-state index contributed by atoms with van der Waals surface area (Å²) in [5, 5.41) is 0. The van der Waals surface area contributed by atoms with Gasteiger partial charge in [0.15, 0.2) is 5.78 Å². The SMILES string of the molecule is O=C(CCCCN1CCC(=C2c3ccccc3C=Cc3ccccc32)CC1)c1ccc(F)cc1. The number of halogens is 1. The zero-order valence-electron chi connectivity index (χ0n) is 19.5. The predicted molar refractivity (Wildman–Crippen MR) is 138 cm³/mol. The van der Waals surface area contributed by atoms with Crippen LogP contribution >= 0.6 is 0 Å². The van der Waals surface area contributed by atoms with Crippen LogP contribution in [0.5, 0.6) is 0 Å². The molecule has 1 aliphatic carbocycles. The van der Waals surface area contributed by atoms with Crippen molar-refractivity contribution in [3.63, 3.8) is 0 Å². The molecule has 2 aliphatic rings. The van der Waals surface area contributed by atoms with Crippen LogP contribution in [0.1, 0.15) is 64.7 Å². The van der Waals surface area contributed by atoms with Crippen molar-refractivity contribution in [1.29, 1.82) is 0 Å². The van der Waals surface area contributed by atoms with Crippen molar-refractivity contribution in [2.45, 2.75) is 32.1 Å². The molecule has 3 heteroatoms. The standard InChI is InChI=1S/C31H30FNO/c32-27-16-14-25(15-17-27)30(34)11-5-6-20-33-21-18-26(19-22-33)31-28-9-3-1-7-23(28)12-13-24-8-2-4-10-29(24)31/h1-4,7-10,12-17H,5-6,11,18-22H2. The van der Waals surface area contributed by atoms with Gasteiger partial charge in [-0.05, 0) is 84.3 Å². The number of nitrogens with zero attached hydrogens (tertiary/aromatic N) is 1. The Morgan fingerprint density at radius 2 is 1.35 bits per heavy atom. The average Bonchev–Trinajstić information content (AvgIpc) is 3.04. The third-order valence-corrected chi connectivity index (χ3v) is 7.01. The summed E-state index contributed by atoms with van der Waals surface area (Å²) in [6.07, 6.45) is 9.03. The van der Waals surface area contributed by atoms with Gasteiger partial charge >= 0.3 is 0 Å². The fourth-order valence-electron chi connectivity index (χ4n) is 5.14. The van der Waals surface area contributed by atoms with Gasteiger partial charge in [0.1, 0.15) is 5.82 Å². The maximum absolute atomic E-state index is 13.1. The average molecular weight is 452 g/mol. The molecule has 3 aromatic rings. The van der Waals surface area contributed by atoms with Crippen molar-refractivity contribution in [2.75, 3.05) is 19.6 Å². The van der Waals surface area contributed by atoms with E-state index in [0.29, 0.717) is 12.0 Å². The minimum Gasteiger partial charge on any atom is -0.303 e. The molecule has 2 nitrogen and oxygen atoms in total. The van der Waals surface area contributed by atoms with Crippen LogP contribution in [0.25, 0.3) is 17.7 Å². The molecule has 1 fully saturated rings. The molecule has 1 aliphatic heterocycles. The molecule has 0 atom stereocenters. The number of unbranched alkanes of at least 4 members (excludes halogenated alkanes) is 1. The Hall–Kier alpha value is -3.30. The molecule has 5 rings (SSSR count). The molecule has 0 aromatic heterocycles. The second kappa shape index (κ2) is 10.3. The Balaban J connectivity index is 1.21. The number of carbonyl (C=O) groups is 1. The maximum Gasteiger partial charge on any atom is 0.162 e. The van der Waals surface area contributed by atoms with Gasteiger partial charge in [-0.25, -0.2) is 4.39 Å². The van der Waals surface area contributed by atoms with E-state index in [1.807, 2.05) is 0 Å². The first kappa shape index (κ1) is 22.5. The van der Waals surface area contributed by atoms with Crippen LogP contribution in [0.2, 0.25) is 0 Å². The number of carbonyl (C=O) groups excluding carboxylic acids is 1. The summed E-state index contributed by atoms with van der Waals surface area (Å²) >= 11 is 0. The summed E-state index contributed by atoms with van der Waals surface area (Å²) in [7, 11) is 0. The highest BCUT2D eigenvalue weighted by Gasteiger charge is 2.22. The molecule has 0 saturated carbocycles. The Labute approximate surface area is 201 Å². The number of likely N-dealkylation sites (tertiary alicyclic amines) is 1. The van der Waals surface area contributed by atoms with Crippen LogP contribution in [0, 0.1) is 5.82 Å². The number of rotatable bonds is 6. The van der Waals surface area contributed by atoms with Crippen LogP contribution in [0.4, 0.5) is 4.39 Å². The van der Waals surface area contributed by atoms with Gasteiger partial charge in [-0.3, -0.25) is 4.79 Å². The summed E-state index contributed by atoms with van der Waals surface area (Å²) in [4.78, 5) is 14.8. The zero-order valence-corrected chi connectivity index (χ0v) is 19.5. The van der Waals surface area contributed by atoms with E-state index in [4.69, 9.17) is 0 Å². The third-order valence-electron chi connectivity index (χ3n) is 7.01.